The molecule has 0 saturated carbocycles. The number of nitrogens with one attached hydrogen (secondary N) is 1. The number of ether oxygens (including phenoxy) is 2. The van der Waals surface area contributed by atoms with E-state index in [2.05, 4.69) is 21.2 Å². The summed E-state index contributed by atoms with van der Waals surface area (Å²) >= 11 is 3.28. The summed E-state index contributed by atoms with van der Waals surface area (Å²) in [6.45, 7) is -0.827. The molecule has 0 aliphatic heterocycles. The zero-order valence-corrected chi connectivity index (χ0v) is 13.9. The summed E-state index contributed by atoms with van der Waals surface area (Å²) < 4.78 is 10.9. The van der Waals surface area contributed by atoms with Gasteiger partial charge < -0.3 is 19.7 Å². The van der Waals surface area contributed by atoms with Crippen LogP contribution in [0.2, 0.25) is 0 Å². The summed E-state index contributed by atoms with van der Waals surface area (Å²) in [4.78, 5) is 35.4. The van der Waals surface area contributed by atoms with Gasteiger partial charge in [-0.05, 0) is 24.3 Å². The third kappa shape index (κ3) is 6.57. The molecule has 1 aromatic carbocycles. The van der Waals surface area contributed by atoms with Gasteiger partial charge in [0.25, 0.3) is 5.91 Å². The molecule has 120 valence electrons. The fourth-order valence-electron chi connectivity index (χ4n) is 1.35. The van der Waals surface area contributed by atoms with Crippen LogP contribution in [-0.4, -0.2) is 56.5 Å². The summed E-state index contributed by atoms with van der Waals surface area (Å²) in [5, 5.41) is 2.39. The Labute approximate surface area is 136 Å². The molecule has 0 atom stereocenters. The summed E-state index contributed by atoms with van der Waals surface area (Å²) in [6.07, 6.45) is 0. The maximum atomic E-state index is 11.6. The predicted octanol–water partition coefficient (Wildman–Crippen LogP) is 0.576. The monoisotopic (exact) mass is 372 g/mol. The van der Waals surface area contributed by atoms with E-state index in [0.717, 1.165) is 4.47 Å². The van der Waals surface area contributed by atoms with Crippen molar-refractivity contribution in [2.75, 3.05) is 33.9 Å². The SMILES string of the molecule is CNC(=O)CN(C)C(=O)COC(=O)COc1ccc(Br)cc1. The smallest absolute Gasteiger partial charge is 0.344 e. The Morgan fingerprint density at radius 2 is 1.82 bits per heavy atom. The van der Waals surface area contributed by atoms with Crippen molar-refractivity contribution in [1.82, 2.24) is 10.2 Å². The van der Waals surface area contributed by atoms with E-state index >= 15 is 0 Å². The van der Waals surface area contributed by atoms with E-state index in [1.165, 1.54) is 19.0 Å². The summed E-state index contributed by atoms with van der Waals surface area (Å²) in [7, 11) is 2.92. The van der Waals surface area contributed by atoms with Gasteiger partial charge >= 0.3 is 5.97 Å². The first kappa shape index (κ1) is 18.0. The van der Waals surface area contributed by atoms with Gasteiger partial charge in [-0.2, -0.15) is 0 Å². The Morgan fingerprint density at radius 3 is 2.41 bits per heavy atom. The minimum Gasteiger partial charge on any atom is -0.482 e. The number of carbonyl (C=O) groups excluding carboxylic acids is 3. The van der Waals surface area contributed by atoms with Crippen molar-refractivity contribution < 1.29 is 23.9 Å². The Hall–Kier alpha value is -2.09. The normalized spacial score (nSPS) is 9.77. The highest BCUT2D eigenvalue weighted by Crippen LogP contribution is 2.15. The number of hydrogen-bond acceptors (Lipinski definition) is 5. The number of amides is 2. The standard InChI is InChI=1S/C14H17BrN2O5/c1-16-12(18)7-17(2)13(19)8-22-14(20)9-21-11-5-3-10(15)4-6-11/h3-6H,7-9H2,1-2H3,(H,16,18). The maximum Gasteiger partial charge on any atom is 0.344 e. The van der Waals surface area contributed by atoms with E-state index in [-0.39, 0.29) is 19.1 Å². The Morgan fingerprint density at radius 1 is 1.18 bits per heavy atom. The zero-order valence-electron chi connectivity index (χ0n) is 12.3. The molecule has 0 fully saturated rings. The molecule has 8 heteroatoms. The van der Waals surface area contributed by atoms with Crippen molar-refractivity contribution in [2.24, 2.45) is 0 Å². The van der Waals surface area contributed by atoms with E-state index in [0.29, 0.717) is 5.75 Å². The average molecular weight is 373 g/mol. The molecule has 1 rings (SSSR count). The quantitative estimate of drug-likeness (QED) is 0.707. The molecule has 0 heterocycles. The van der Waals surface area contributed by atoms with Gasteiger partial charge in [0.05, 0.1) is 6.54 Å². The number of benzene rings is 1. The fraction of sp³-hybridized carbons (Fsp3) is 0.357. The second kappa shape index (κ2) is 9.04. The first-order chi connectivity index (χ1) is 10.4. The molecule has 0 aromatic heterocycles. The first-order valence-corrected chi connectivity index (χ1v) is 7.20. The molecule has 0 aliphatic rings. The van der Waals surface area contributed by atoms with Crippen LogP contribution in [0.3, 0.4) is 0 Å². The number of hydrogen-bond donors (Lipinski definition) is 1. The van der Waals surface area contributed by atoms with Gasteiger partial charge in [0.2, 0.25) is 5.91 Å². The molecule has 0 unspecified atom stereocenters. The van der Waals surface area contributed by atoms with Gasteiger partial charge in [0, 0.05) is 18.6 Å². The molecule has 0 aliphatic carbocycles. The van der Waals surface area contributed by atoms with Crippen molar-refractivity contribution in [3.05, 3.63) is 28.7 Å². The fourth-order valence-corrected chi connectivity index (χ4v) is 1.61. The second-order valence-corrected chi connectivity index (χ2v) is 5.24. The van der Waals surface area contributed by atoms with Crippen molar-refractivity contribution in [3.8, 4) is 5.75 Å². The number of halogens is 1. The van der Waals surface area contributed by atoms with E-state index in [4.69, 9.17) is 9.47 Å². The molecule has 0 bridgehead atoms. The lowest BCUT2D eigenvalue weighted by Crippen LogP contribution is -2.39. The van der Waals surface area contributed by atoms with E-state index in [1.54, 1.807) is 24.3 Å². The van der Waals surface area contributed by atoms with Gasteiger partial charge in [-0.3, -0.25) is 9.59 Å². The molecular weight excluding hydrogens is 356 g/mol. The topological polar surface area (TPSA) is 84.9 Å². The highest BCUT2D eigenvalue weighted by atomic mass is 79.9. The van der Waals surface area contributed by atoms with Gasteiger partial charge in [0.1, 0.15) is 5.75 Å². The number of likely N-dealkylation sites (N-methyl/N-ethyl adjacent to an activating group) is 2. The van der Waals surface area contributed by atoms with Gasteiger partial charge in [-0.15, -0.1) is 0 Å². The van der Waals surface area contributed by atoms with E-state index in [9.17, 15) is 14.4 Å². The van der Waals surface area contributed by atoms with Crippen LogP contribution in [0.15, 0.2) is 28.7 Å². The molecule has 1 N–H and O–H groups in total. The number of carbonyl (C=O) groups is 3. The number of rotatable bonds is 7. The van der Waals surface area contributed by atoms with E-state index < -0.39 is 18.5 Å². The number of nitrogens with zero attached hydrogens (tertiary/aromatic N) is 1. The summed E-state index contributed by atoms with van der Waals surface area (Å²) in [6, 6.07) is 6.94. The Balaban J connectivity index is 2.29. The molecule has 22 heavy (non-hydrogen) atoms. The lowest BCUT2D eigenvalue weighted by Gasteiger charge is -2.15. The lowest BCUT2D eigenvalue weighted by atomic mass is 10.3. The van der Waals surface area contributed by atoms with Crippen LogP contribution < -0.4 is 10.1 Å². The van der Waals surface area contributed by atoms with Crippen LogP contribution in [0.25, 0.3) is 0 Å². The Bertz CT molecular complexity index is 533. The second-order valence-electron chi connectivity index (χ2n) is 4.33. The highest BCUT2D eigenvalue weighted by Gasteiger charge is 2.14. The van der Waals surface area contributed by atoms with Crippen LogP contribution in [0.4, 0.5) is 0 Å². The van der Waals surface area contributed by atoms with Crippen LogP contribution >= 0.6 is 15.9 Å². The van der Waals surface area contributed by atoms with Crippen LogP contribution in [0, 0.1) is 0 Å². The van der Waals surface area contributed by atoms with Gasteiger partial charge in [0.15, 0.2) is 13.2 Å². The third-order valence-corrected chi connectivity index (χ3v) is 3.14. The van der Waals surface area contributed by atoms with Crippen molar-refractivity contribution in [2.45, 2.75) is 0 Å². The first-order valence-electron chi connectivity index (χ1n) is 6.41. The minimum atomic E-state index is -0.662. The van der Waals surface area contributed by atoms with Crippen molar-refractivity contribution in [1.29, 1.82) is 0 Å². The van der Waals surface area contributed by atoms with Crippen molar-refractivity contribution >= 4 is 33.7 Å². The zero-order chi connectivity index (χ0) is 16.5. The largest absolute Gasteiger partial charge is 0.482 e. The Kier molecular flexibility index (Phi) is 7.38. The third-order valence-electron chi connectivity index (χ3n) is 2.61. The van der Waals surface area contributed by atoms with Gasteiger partial charge in [-0.25, -0.2) is 4.79 Å². The van der Waals surface area contributed by atoms with Crippen molar-refractivity contribution in [3.63, 3.8) is 0 Å². The molecule has 1 aromatic rings. The highest BCUT2D eigenvalue weighted by molar-refractivity contribution is 9.10. The molecule has 2 amide bonds. The number of esters is 1. The summed E-state index contributed by atoms with van der Waals surface area (Å²) in [5.74, 6) is -0.922. The lowest BCUT2D eigenvalue weighted by molar-refractivity contribution is -0.153. The van der Waals surface area contributed by atoms with Gasteiger partial charge in [-0.1, -0.05) is 15.9 Å². The summed E-state index contributed by atoms with van der Waals surface area (Å²) in [5.41, 5.74) is 0. The molecular formula is C14H17BrN2O5. The molecule has 0 radical (unpaired) electrons. The minimum absolute atomic E-state index is 0.0950. The van der Waals surface area contributed by atoms with Crippen LogP contribution in [-0.2, 0) is 19.1 Å². The molecule has 0 saturated heterocycles. The molecule has 0 spiro atoms. The maximum absolute atomic E-state index is 11.6. The average Bonchev–Trinajstić information content (AvgIpc) is 2.51. The molecule has 7 nitrogen and oxygen atoms in total. The van der Waals surface area contributed by atoms with Crippen LogP contribution in [0.1, 0.15) is 0 Å². The van der Waals surface area contributed by atoms with E-state index in [1.807, 2.05) is 0 Å². The predicted molar refractivity (Wildman–Crippen MR) is 82.3 cm³/mol. The van der Waals surface area contributed by atoms with Crippen LogP contribution in [0.5, 0.6) is 5.75 Å².